The highest BCUT2D eigenvalue weighted by atomic mass is 16.1. The van der Waals surface area contributed by atoms with Crippen LogP contribution in [-0.4, -0.2) is 22.3 Å². The number of benzene rings is 2. The van der Waals surface area contributed by atoms with Crippen LogP contribution in [0.2, 0.25) is 0 Å². The summed E-state index contributed by atoms with van der Waals surface area (Å²) in [4.78, 5) is 21.6. The fraction of sp³-hybridized carbons (Fsp3) is 0.150. The van der Waals surface area contributed by atoms with Gasteiger partial charge in [0.1, 0.15) is 18.0 Å². The zero-order valence-electron chi connectivity index (χ0n) is 13.9. The van der Waals surface area contributed by atoms with Crippen LogP contribution < -0.4 is 10.6 Å². The van der Waals surface area contributed by atoms with E-state index in [1.54, 1.807) is 0 Å². The van der Waals surface area contributed by atoms with E-state index in [-0.39, 0.29) is 11.7 Å². The Balaban J connectivity index is 1.70. The van der Waals surface area contributed by atoms with Crippen LogP contribution in [0.1, 0.15) is 27.4 Å². The number of anilines is 3. The minimum absolute atomic E-state index is 0.0777. The number of hydrogen-bond donors (Lipinski definition) is 2. The summed E-state index contributed by atoms with van der Waals surface area (Å²) in [6.07, 6.45) is 1.51. The molecule has 0 bridgehead atoms. The second-order valence-electron chi connectivity index (χ2n) is 6.14. The monoisotopic (exact) mass is 330 g/mol. The predicted molar refractivity (Wildman–Crippen MR) is 98.5 cm³/mol. The number of Topliss-reactive ketones (excluding diaryl/α,β-unsaturated/α-hetero) is 1. The molecule has 3 aromatic rings. The van der Waals surface area contributed by atoms with E-state index in [9.17, 15) is 4.79 Å². The Morgan fingerprint density at radius 1 is 1.12 bits per heavy atom. The Morgan fingerprint density at radius 2 is 1.96 bits per heavy atom. The highest BCUT2D eigenvalue weighted by molar-refractivity contribution is 6.03. The quantitative estimate of drug-likeness (QED) is 0.710. The molecule has 2 heterocycles. The molecular formula is C20H18N4O. The summed E-state index contributed by atoms with van der Waals surface area (Å²) in [5, 5.41) is 6.56. The van der Waals surface area contributed by atoms with Gasteiger partial charge in [-0.3, -0.25) is 4.79 Å². The van der Waals surface area contributed by atoms with Crippen molar-refractivity contribution in [3.8, 4) is 0 Å². The van der Waals surface area contributed by atoms with E-state index in [1.165, 1.54) is 6.33 Å². The summed E-state index contributed by atoms with van der Waals surface area (Å²) in [6, 6.07) is 17.4. The van der Waals surface area contributed by atoms with E-state index >= 15 is 0 Å². The first-order chi connectivity index (χ1) is 12.2. The minimum Gasteiger partial charge on any atom is -0.369 e. The summed E-state index contributed by atoms with van der Waals surface area (Å²) in [6.45, 7) is 2.57. The molecule has 5 heteroatoms. The summed E-state index contributed by atoms with van der Waals surface area (Å²) < 4.78 is 0. The molecular weight excluding hydrogens is 312 g/mol. The van der Waals surface area contributed by atoms with Crippen LogP contribution in [0.25, 0.3) is 0 Å². The first kappa shape index (κ1) is 15.3. The predicted octanol–water partition coefficient (Wildman–Crippen LogP) is 3.92. The van der Waals surface area contributed by atoms with Crippen molar-refractivity contribution in [2.24, 2.45) is 0 Å². The van der Waals surface area contributed by atoms with Crippen LogP contribution in [-0.2, 0) is 0 Å². The Labute approximate surface area is 146 Å². The van der Waals surface area contributed by atoms with Crippen LogP contribution >= 0.6 is 0 Å². The molecule has 1 unspecified atom stereocenters. The zero-order valence-corrected chi connectivity index (χ0v) is 13.9. The lowest BCUT2D eigenvalue weighted by atomic mass is 9.93. The van der Waals surface area contributed by atoms with Gasteiger partial charge < -0.3 is 10.6 Å². The van der Waals surface area contributed by atoms with Gasteiger partial charge in [0.05, 0.1) is 5.92 Å². The summed E-state index contributed by atoms with van der Waals surface area (Å²) in [5.74, 6) is 1.18. The number of nitrogens with one attached hydrogen (secondary N) is 2. The van der Waals surface area contributed by atoms with Crippen molar-refractivity contribution in [1.29, 1.82) is 0 Å². The topological polar surface area (TPSA) is 66.9 Å². The Bertz CT molecular complexity index is 924. The second kappa shape index (κ2) is 6.36. The first-order valence-corrected chi connectivity index (χ1v) is 8.24. The lowest BCUT2D eigenvalue weighted by molar-refractivity contribution is 0.0966. The molecule has 0 aliphatic carbocycles. The standard InChI is InChI=1S/C20H18N4O/c1-13-6-5-9-15(10-13)24-20-17-16(11-21-19(17)22-12-23-20)18(25)14-7-3-2-4-8-14/h2-10,12,16H,11H2,1H3,(H2,21,22,23,24). The molecule has 0 radical (unpaired) electrons. The minimum atomic E-state index is -0.300. The van der Waals surface area contributed by atoms with Crippen molar-refractivity contribution in [2.75, 3.05) is 17.2 Å². The first-order valence-electron chi connectivity index (χ1n) is 8.24. The van der Waals surface area contributed by atoms with Gasteiger partial charge >= 0.3 is 0 Å². The highest BCUT2D eigenvalue weighted by Gasteiger charge is 2.33. The van der Waals surface area contributed by atoms with Gasteiger partial charge in [-0.2, -0.15) is 0 Å². The van der Waals surface area contributed by atoms with Gasteiger partial charge in [0.15, 0.2) is 5.78 Å². The summed E-state index contributed by atoms with van der Waals surface area (Å²) in [5.41, 5.74) is 3.63. The summed E-state index contributed by atoms with van der Waals surface area (Å²) in [7, 11) is 0. The van der Waals surface area contributed by atoms with Gasteiger partial charge in [-0.05, 0) is 24.6 Å². The van der Waals surface area contributed by atoms with Crippen molar-refractivity contribution >= 4 is 23.1 Å². The van der Waals surface area contributed by atoms with Crippen molar-refractivity contribution in [2.45, 2.75) is 12.8 Å². The molecule has 0 spiro atoms. The number of aryl methyl sites for hydroxylation is 1. The molecule has 0 saturated carbocycles. The van der Waals surface area contributed by atoms with Gasteiger partial charge in [0.25, 0.3) is 0 Å². The van der Waals surface area contributed by atoms with Gasteiger partial charge in [-0.15, -0.1) is 0 Å². The van der Waals surface area contributed by atoms with Crippen molar-refractivity contribution in [3.05, 3.63) is 77.6 Å². The summed E-state index contributed by atoms with van der Waals surface area (Å²) >= 11 is 0. The number of hydrogen-bond acceptors (Lipinski definition) is 5. The average Bonchev–Trinajstić information content (AvgIpc) is 3.07. The third-order valence-corrected chi connectivity index (χ3v) is 4.36. The number of fused-ring (bicyclic) bond motifs is 1. The Morgan fingerprint density at radius 3 is 2.76 bits per heavy atom. The average molecular weight is 330 g/mol. The lowest BCUT2D eigenvalue weighted by Crippen LogP contribution is -2.16. The normalized spacial score (nSPS) is 15.3. The van der Waals surface area contributed by atoms with E-state index in [1.807, 2.05) is 61.5 Å². The molecule has 0 amide bonds. The molecule has 1 atom stereocenters. The maximum atomic E-state index is 12.9. The third kappa shape index (κ3) is 2.96. The van der Waals surface area contributed by atoms with Gasteiger partial charge in [0, 0.05) is 23.4 Å². The molecule has 5 nitrogen and oxygen atoms in total. The molecule has 124 valence electrons. The number of rotatable bonds is 4. The van der Waals surface area contributed by atoms with E-state index in [4.69, 9.17) is 0 Å². The van der Waals surface area contributed by atoms with Crippen LogP contribution in [0.5, 0.6) is 0 Å². The van der Waals surface area contributed by atoms with E-state index in [0.717, 1.165) is 22.6 Å². The van der Waals surface area contributed by atoms with Gasteiger partial charge in [-0.1, -0.05) is 42.5 Å². The highest BCUT2D eigenvalue weighted by Crippen LogP contribution is 2.37. The fourth-order valence-corrected chi connectivity index (χ4v) is 3.15. The van der Waals surface area contributed by atoms with Gasteiger partial charge in [-0.25, -0.2) is 9.97 Å². The van der Waals surface area contributed by atoms with E-state index < -0.39 is 0 Å². The molecule has 2 N–H and O–H groups in total. The molecule has 25 heavy (non-hydrogen) atoms. The van der Waals surface area contributed by atoms with Crippen LogP contribution in [0.15, 0.2) is 60.9 Å². The van der Waals surface area contributed by atoms with Crippen molar-refractivity contribution < 1.29 is 4.79 Å². The molecule has 1 aliphatic heterocycles. The molecule has 4 rings (SSSR count). The Kier molecular flexibility index (Phi) is 3.90. The molecule has 1 aliphatic rings. The van der Waals surface area contributed by atoms with E-state index in [0.29, 0.717) is 17.9 Å². The van der Waals surface area contributed by atoms with Gasteiger partial charge in [0.2, 0.25) is 0 Å². The number of ketones is 1. The van der Waals surface area contributed by atoms with Crippen LogP contribution in [0.3, 0.4) is 0 Å². The molecule has 2 aromatic carbocycles. The maximum absolute atomic E-state index is 12.9. The van der Waals surface area contributed by atoms with Crippen LogP contribution in [0, 0.1) is 6.92 Å². The number of carbonyl (C=O) groups excluding carboxylic acids is 1. The van der Waals surface area contributed by atoms with Crippen molar-refractivity contribution in [1.82, 2.24) is 9.97 Å². The fourth-order valence-electron chi connectivity index (χ4n) is 3.15. The second-order valence-corrected chi connectivity index (χ2v) is 6.14. The Hall–Kier alpha value is -3.21. The molecule has 0 saturated heterocycles. The molecule has 1 aromatic heterocycles. The SMILES string of the molecule is Cc1cccc(Nc2ncnc3c2C(C(=O)c2ccccc2)CN3)c1. The largest absolute Gasteiger partial charge is 0.369 e. The third-order valence-electron chi connectivity index (χ3n) is 4.36. The lowest BCUT2D eigenvalue weighted by Gasteiger charge is -2.14. The number of nitrogens with zero attached hydrogens (tertiary/aromatic N) is 2. The smallest absolute Gasteiger partial charge is 0.172 e. The zero-order chi connectivity index (χ0) is 17.2. The molecule has 0 fully saturated rings. The van der Waals surface area contributed by atoms with Crippen molar-refractivity contribution in [3.63, 3.8) is 0 Å². The number of carbonyl (C=O) groups is 1. The van der Waals surface area contributed by atoms with E-state index in [2.05, 4.69) is 20.6 Å². The number of aromatic nitrogens is 2. The van der Waals surface area contributed by atoms with Crippen LogP contribution in [0.4, 0.5) is 17.3 Å². The maximum Gasteiger partial charge on any atom is 0.172 e.